The second-order valence-electron chi connectivity index (χ2n) is 4.29. The summed E-state index contributed by atoms with van der Waals surface area (Å²) in [6.07, 6.45) is 10.6. The lowest BCUT2D eigenvalue weighted by Gasteiger charge is -2.08. The van der Waals surface area contributed by atoms with Gasteiger partial charge in [-0.3, -0.25) is 0 Å². The Labute approximate surface area is 104 Å². The van der Waals surface area contributed by atoms with Crippen molar-refractivity contribution >= 4 is 0 Å². The summed E-state index contributed by atoms with van der Waals surface area (Å²) in [5.41, 5.74) is 9.66. The Morgan fingerprint density at radius 1 is 1.06 bits per heavy atom. The summed E-state index contributed by atoms with van der Waals surface area (Å²) in [7, 11) is 1.71. The first-order valence-electron chi connectivity index (χ1n) is 5.90. The molecule has 90 valence electrons. The molecule has 0 unspecified atom stereocenters. The van der Waals surface area contributed by atoms with Gasteiger partial charge in [-0.25, -0.2) is 0 Å². The lowest BCUT2D eigenvalue weighted by molar-refractivity contribution is 0.303. The van der Waals surface area contributed by atoms with Crippen molar-refractivity contribution in [1.29, 1.82) is 0 Å². The van der Waals surface area contributed by atoms with Crippen LogP contribution in [0.15, 0.2) is 58.2 Å². The van der Waals surface area contributed by atoms with E-state index in [1.54, 1.807) is 7.11 Å². The molecular formula is C16H20O. The number of hydrogen-bond donors (Lipinski definition) is 0. The van der Waals surface area contributed by atoms with Crippen molar-refractivity contribution in [3.05, 3.63) is 58.2 Å². The van der Waals surface area contributed by atoms with Gasteiger partial charge in [0.15, 0.2) is 0 Å². The average Bonchev–Trinajstić information content (AvgIpc) is 2.34. The molecule has 0 N–H and O–H groups in total. The summed E-state index contributed by atoms with van der Waals surface area (Å²) < 4.78 is 5.05. The van der Waals surface area contributed by atoms with Gasteiger partial charge in [-0.1, -0.05) is 29.2 Å². The fourth-order valence-electron chi connectivity index (χ4n) is 1.49. The van der Waals surface area contributed by atoms with E-state index in [9.17, 15) is 0 Å². The summed E-state index contributed by atoms with van der Waals surface area (Å²) in [5.74, 6) is 1.01. The summed E-state index contributed by atoms with van der Waals surface area (Å²) in [5, 5.41) is 0. The highest BCUT2D eigenvalue weighted by Crippen LogP contribution is 2.16. The zero-order valence-electron chi connectivity index (χ0n) is 11.1. The Morgan fingerprint density at radius 3 is 2.00 bits per heavy atom. The van der Waals surface area contributed by atoms with Crippen molar-refractivity contribution < 1.29 is 4.74 Å². The Morgan fingerprint density at radius 2 is 1.65 bits per heavy atom. The largest absolute Gasteiger partial charge is 0.497 e. The van der Waals surface area contributed by atoms with Gasteiger partial charge in [0.2, 0.25) is 0 Å². The highest BCUT2D eigenvalue weighted by atomic mass is 16.5. The van der Waals surface area contributed by atoms with E-state index in [1.807, 2.05) is 26.0 Å². The molecule has 0 atom stereocenters. The van der Waals surface area contributed by atoms with Gasteiger partial charge in [0.1, 0.15) is 5.76 Å². The Balaban J connectivity index is 0.000000171. The van der Waals surface area contributed by atoms with Gasteiger partial charge in [0.05, 0.1) is 7.11 Å². The summed E-state index contributed by atoms with van der Waals surface area (Å²) >= 11 is 0. The van der Waals surface area contributed by atoms with Crippen molar-refractivity contribution in [3.63, 3.8) is 0 Å². The molecule has 0 bridgehead atoms. The van der Waals surface area contributed by atoms with E-state index >= 15 is 0 Å². The van der Waals surface area contributed by atoms with Gasteiger partial charge in [0, 0.05) is 0 Å². The van der Waals surface area contributed by atoms with Crippen molar-refractivity contribution in [2.45, 2.75) is 33.6 Å². The molecule has 0 fully saturated rings. The lowest BCUT2D eigenvalue weighted by atomic mass is 10.1. The standard InChI is InChI=1S/C8H12O.C8H8/c1-7-4-3-5-8(6-7)9-2;1-7-3-5-8(2)6-4-7/h5-6H,3-4H2,1-2H3;3,5H,1-2H3. The van der Waals surface area contributed by atoms with E-state index < -0.39 is 0 Å². The van der Waals surface area contributed by atoms with E-state index in [0.717, 1.165) is 23.3 Å². The average molecular weight is 228 g/mol. The third-order valence-corrected chi connectivity index (χ3v) is 2.55. The second kappa shape index (κ2) is 6.81. The van der Waals surface area contributed by atoms with Gasteiger partial charge in [-0.15, -0.1) is 0 Å². The first-order valence-corrected chi connectivity index (χ1v) is 5.90. The quantitative estimate of drug-likeness (QED) is 0.602. The molecule has 0 amide bonds. The molecule has 0 aromatic rings. The lowest BCUT2D eigenvalue weighted by Crippen LogP contribution is -1.90. The van der Waals surface area contributed by atoms with E-state index in [2.05, 4.69) is 30.5 Å². The van der Waals surface area contributed by atoms with Crippen molar-refractivity contribution in [1.82, 2.24) is 0 Å². The smallest absolute Gasteiger partial charge is 0.114 e. The third-order valence-electron chi connectivity index (χ3n) is 2.55. The molecule has 0 radical (unpaired) electrons. The highest BCUT2D eigenvalue weighted by molar-refractivity contribution is 5.29. The maximum atomic E-state index is 5.05. The highest BCUT2D eigenvalue weighted by Gasteiger charge is 1.99. The van der Waals surface area contributed by atoms with Crippen LogP contribution in [0.4, 0.5) is 0 Å². The summed E-state index contributed by atoms with van der Waals surface area (Å²) in [6, 6.07) is 0. The fraction of sp³-hybridized carbons (Fsp3) is 0.375. The maximum absolute atomic E-state index is 5.05. The number of allylic oxidation sites excluding steroid dienone is 7. The summed E-state index contributed by atoms with van der Waals surface area (Å²) in [4.78, 5) is 0. The SMILES string of the molecule is CC1=C=C=C(C)C=C1.COC1=CCCC(C)=C1. The molecule has 2 aliphatic rings. The molecule has 0 saturated heterocycles. The van der Waals surface area contributed by atoms with Gasteiger partial charge >= 0.3 is 0 Å². The number of rotatable bonds is 1. The molecule has 2 aliphatic carbocycles. The zero-order chi connectivity index (χ0) is 12.7. The number of methoxy groups -OCH3 is 1. The molecule has 0 aromatic carbocycles. The molecule has 0 saturated carbocycles. The minimum atomic E-state index is 1.01. The van der Waals surface area contributed by atoms with Crippen molar-refractivity contribution in [3.8, 4) is 0 Å². The van der Waals surface area contributed by atoms with E-state index in [0.29, 0.717) is 0 Å². The fourth-order valence-corrected chi connectivity index (χ4v) is 1.49. The molecule has 17 heavy (non-hydrogen) atoms. The van der Waals surface area contributed by atoms with Crippen LogP contribution in [0.1, 0.15) is 33.6 Å². The van der Waals surface area contributed by atoms with Gasteiger partial charge in [-0.2, -0.15) is 0 Å². The van der Waals surface area contributed by atoms with Crippen molar-refractivity contribution in [2.24, 2.45) is 0 Å². The monoisotopic (exact) mass is 228 g/mol. The van der Waals surface area contributed by atoms with E-state index in [1.165, 1.54) is 12.0 Å². The maximum Gasteiger partial charge on any atom is 0.114 e. The van der Waals surface area contributed by atoms with Gasteiger partial charge < -0.3 is 4.74 Å². The van der Waals surface area contributed by atoms with E-state index in [4.69, 9.17) is 4.74 Å². The molecule has 0 heterocycles. The van der Waals surface area contributed by atoms with Crippen LogP contribution >= 0.6 is 0 Å². The van der Waals surface area contributed by atoms with Crippen LogP contribution in [-0.2, 0) is 4.74 Å². The predicted molar refractivity (Wildman–Crippen MR) is 72.6 cm³/mol. The Bertz CT molecular complexity index is 436. The third kappa shape index (κ3) is 5.26. The minimum absolute atomic E-state index is 1.01. The molecule has 0 aromatic heterocycles. The number of hydrogen-bond acceptors (Lipinski definition) is 1. The van der Waals surface area contributed by atoms with Gasteiger partial charge in [-0.05, 0) is 56.9 Å². The van der Waals surface area contributed by atoms with Crippen molar-refractivity contribution in [2.75, 3.05) is 7.11 Å². The molecule has 0 aliphatic heterocycles. The molecular weight excluding hydrogens is 208 g/mol. The Hall–Kier alpha value is -1.68. The summed E-state index contributed by atoms with van der Waals surface area (Å²) in [6.45, 7) is 6.15. The number of ether oxygens (including phenoxy) is 1. The van der Waals surface area contributed by atoms with Crippen LogP contribution in [0.5, 0.6) is 0 Å². The minimum Gasteiger partial charge on any atom is -0.497 e. The van der Waals surface area contributed by atoms with E-state index in [-0.39, 0.29) is 0 Å². The van der Waals surface area contributed by atoms with Crippen LogP contribution in [0.25, 0.3) is 0 Å². The molecule has 1 nitrogen and oxygen atoms in total. The molecule has 0 spiro atoms. The van der Waals surface area contributed by atoms with Crippen LogP contribution < -0.4 is 0 Å². The zero-order valence-corrected chi connectivity index (χ0v) is 11.1. The Kier molecular flexibility index (Phi) is 5.36. The van der Waals surface area contributed by atoms with Crippen LogP contribution in [-0.4, -0.2) is 7.11 Å². The predicted octanol–water partition coefficient (Wildman–Crippen LogP) is 4.46. The van der Waals surface area contributed by atoms with Crippen LogP contribution in [0.3, 0.4) is 0 Å². The topological polar surface area (TPSA) is 9.23 Å². The first-order chi connectivity index (χ1) is 8.11. The van der Waals surface area contributed by atoms with Crippen LogP contribution in [0.2, 0.25) is 0 Å². The van der Waals surface area contributed by atoms with Crippen LogP contribution in [0, 0.1) is 0 Å². The van der Waals surface area contributed by atoms with Gasteiger partial charge in [0.25, 0.3) is 0 Å². The molecule has 1 heteroatoms. The molecule has 2 rings (SSSR count). The first kappa shape index (κ1) is 13.4. The normalized spacial score (nSPS) is 17.2. The second-order valence-corrected chi connectivity index (χ2v) is 4.29.